The molecule has 0 aliphatic carbocycles. The lowest BCUT2D eigenvalue weighted by Gasteiger charge is -2.43. The lowest BCUT2D eigenvalue weighted by Crippen LogP contribution is -2.56. The van der Waals surface area contributed by atoms with E-state index in [4.69, 9.17) is 21.6 Å². The van der Waals surface area contributed by atoms with E-state index < -0.39 is 27.3 Å². The van der Waals surface area contributed by atoms with Gasteiger partial charge in [-0.1, -0.05) is 11.6 Å². The van der Waals surface area contributed by atoms with Crippen molar-refractivity contribution in [3.05, 3.63) is 45.9 Å². The number of H-pyrrole nitrogens is 1. The highest BCUT2D eigenvalue weighted by Crippen LogP contribution is 2.32. The molecule has 2 aromatic rings. The molecule has 2 N–H and O–H groups in total. The smallest absolute Gasteiger partial charge is 0.256 e. The van der Waals surface area contributed by atoms with Crippen LogP contribution < -0.4 is 9.46 Å². The molecule has 1 atom stereocenters. The minimum Gasteiger partial charge on any atom is -0.492 e. The van der Waals surface area contributed by atoms with E-state index in [-0.39, 0.29) is 34.5 Å². The summed E-state index contributed by atoms with van der Waals surface area (Å²) in [4.78, 5) is 17.0. The number of nitriles is 1. The van der Waals surface area contributed by atoms with Gasteiger partial charge in [0.25, 0.3) is 15.9 Å². The highest BCUT2D eigenvalue weighted by molar-refractivity contribution is 7.89. The van der Waals surface area contributed by atoms with Crippen LogP contribution in [0.25, 0.3) is 0 Å². The monoisotopic (exact) mass is 466 g/mol. The molecule has 0 radical (unpaired) electrons. The molecule has 3 heterocycles. The van der Waals surface area contributed by atoms with Crippen LogP contribution in [0.5, 0.6) is 5.75 Å². The Labute approximate surface area is 184 Å². The van der Waals surface area contributed by atoms with Crippen molar-refractivity contribution in [1.82, 2.24) is 14.6 Å². The molecular formula is C20H20ClFN4O4S. The number of rotatable bonds is 4. The molecule has 2 aliphatic rings. The van der Waals surface area contributed by atoms with Crippen LogP contribution in [-0.4, -0.2) is 49.9 Å². The maximum absolute atomic E-state index is 13.6. The molecule has 0 bridgehead atoms. The summed E-state index contributed by atoms with van der Waals surface area (Å²) in [6.07, 6.45) is 0.278. The first-order valence-electron chi connectivity index (χ1n) is 9.54. The number of carbonyl (C=O) groups is 1. The first-order chi connectivity index (χ1) is 14.5. The van der Waals surface area contributed by atoms with Crippen LogP contribution in [0.15, 0.2) is 23.2 Å². The average molecular weight is 467 g/mol. The predicted molar refractivity (Wildman–Crippen MR) is 110 cm³/mol. The molecule has 0 unspecified atom stereocenters. The second kappa shape index (κ2) is 7.51. The number of nitrogens with one attached hydrogen (secondary N) is 2. The largest absolute Gasteiger partial charge is 0.492 e. The maximum atomic E-state index is 13.6. The topological polar surface area (TPSA) is 115 Å². The van der Waals surface area contributed by atoms with Crippen LogP contribution in [0.3, 0.4) is 0 Å². The van der Waals surface area contributed by atoms with Crippen molar-refractivity contribution in [1.29, 1.82) is 5.26 Å². The number of aryl methyl sites for hydroxylation is 1. The van der Waals surface area contributed by atoms with Crippen molar-refractivity contribution in [3.63, 3.8) is 0 Å². The summed E-state index contributed by atoms with van der Waals surface area (Å²) in [5.74, 6) is -0.592. The summed E-state index contributed by atoms with van der Waals surface area (Å²) in [7, 11) is -3.97. The molecule has 1 saturated heterocycles. The Morgan fingerprint density at radius 3 is 2.81 bits per heavy atom. The minimum atomic E-state index is -3.97. The summed E-state index contributed by atoms with van der Waals surface area (Å²) in [5, 5.41) is 8.91. The number of likely N-dealkylation sites (tertiary alicyclic amines) is 1. The maximum Gasteiger partial charge on any atom is 0.256 e. The number of benzene rings is 1. The Bertz CT molecular complexity index is 1210. The molecule has 31 heavy (non-hydrogen) atoms. The summed E-state index contributed by atoms with van der Waals surface area (Å²) >= 11 is 5.81. The zero-order chi connectivity index (χ0) is 22.6. The zero-order valence-corrected chi connectivity index (χ0v) is 18.4. The quantitative estimate of drug-likeness (QED) is 0.717. The van der Waals surface area contributed by atoms with Gasteiger partial charge < -0.3 is 14.6 Å². The summed E-state index contributed by atoms with van der Waals surface area (Å²) < 4.78 is 47.4. The van der Waals surface area contributed by atoms with Gasteiger partial charge in [0.05, 0.1) is 28.1 Å². The van der Waals surface area contributed by atoms with E-state index in [1.165, 1.54) is 23.1 Å². The van der Waals surface area contributed by atoms with Gasteiger partial charge in [0, 0.05) is 24.8 Å². The number of sulfonamides is 1. The second-order valence-electron chi connectivity index (χ2n) is 8.21. The normalized spacial score (nSPS) is 19.7. The molecular weight excluding hydrogens is 447 g/mol. The predicted octanol–water partition coefficient (Wildman–Crippen LogP) is 2.38. The van der Waals surface area contributed by atoms with E-state index in [0.717, 1.165) is 0 Å². The van der Waals surface area contributed by atoms with E-state index in [0.29, 0.717) is 30.1 Å². The molecule has 1 aromatic heterocycles. The Morgan fingerprint density at radius 1 is 1.42 bits per heavy atom. The number of hydrogen-bond donors (Lipinski definition) is 2. The van der Waals surface area contributed by atoms with E-state index in [9.17, 15) is 17.6 Å². The van der Waals surface area contributed by atoms with E-state index in [1.54, 1.807) is 13.8 Å². The Morgan fingerprint density at radius 2 is 2.13 bits per heavy atom. The Kier molecular flexibility index (Phi) is 5.24. The van der Waals surface area contributed by atoms with Crippen LogP contribution in [-0.2, 0) is 16.4 Å². The number of ether oxygens (including phenoxy) is 1. The SMILES string of the molecule is Cc1[nH]c(S(=O)(=O)N[C@H]2COc3cc(F)c(Cl)cc3C2)cc1C(=O)N1CC(C)(C#N)C1. The number of hydrogen-bond acceptors (Lipinski definition) is 5. The molecule has 1 amide bonds. The molecule has 2 aliphatic heterocycles. The van der Waals surface area contributed by atoms with E-state index in [1.807, 2.05) is 0 Å². The first-order valence-corrected chi connectivity index (χ1v) is 11.4. The number of aromatic amines is 1. The summed E-state index contributed by atoms with van der Waals surface area (Å²) in [6, 6.07) is 5.48. The van der Waals surface area contributed by atoms with Crippen molar-refractivity contribution in [2.75, 3.05) is 19.7 Å². The van der Waals surface area contributed by atoms with Gasteiger partial charge in [0.1, 0.15) is 23.2 Å². The third kappa shape index (κ3) is 4.01. The first kappa shape index (κ1) is 21.6. The second-order valence-corrected chi connectivity index (χ2v) is 10.3. The summed E-state index contributed by atoms with van der Waals surface area (Å²) in [6.45, 7) is 4.02. The van der Waals surface area contributed by atoms with Gasteiger partial charge in [-0.25, -0.2) is 17.5 Å². The average Bonchev–Trinajstić information content (AvgIpc) is 3.08. The number of halogens is 2. The highest BCUT2D eigenvalue weighted by atomic mass is 35.5. The van der Waals surface area contributed by atoms with Crippen molar-refractivity contribution in [2.45, 2.75) is 31.3 Å². The van der Waals surface area contributed by atoms with Crippen LogP contribution >= 0.6 is 11.6 Å². The standard InChI is InChI=1S/C20H20ClFN4O4S/c1-11-14(19(27)26-9-20(2,8-23)10-26)5-18(24-11)31(28,29)25-13-3-12-4-15(21)16(22)6-17(12)30-7-13/h4-6,13,24-25H,3,7,9-10H2,1-2H3/t13-/m1/s1. The highest BCUT2D eigenvalue weighted by Gasteiger charge is 2.42. The Hall–Kier alpha value is -2.61. The van der Waals surface area contributed by atoms with Crippen LogP contribution in [0.1, 0.15) is 28.5 Å². The molecule has 1 aromatic carbocycles. The molecule has 4 rings (SSSR count). The molecule has 0 spiro atoms. The minimum absolute atomic E-state index is 0.0271. The third-order valence-electron chi connectivity index (χ3n) is 5.48. The van der Waals surface area contributed by atoms with Gasteiger partial charge in [0.15, 0.2) is 0 Å². The van der Waals surface area contributed by atoms with Crippen molar-refractivity contribution in [2.24, 2.45) is 5.41 Å². The van der Waals surface area contributed by atoms with Gasteiger partial charge in [-0.15, -0.1) is 0 Å². The van der Waals surface area contributed by atoms with Gasteiger partial charge >= 0.3 is 0 Å². The lowest BCUT2D eigenvalue weighted by molar-refractivity contribution is 0.0368. The van der Waals surface area contributed by atoms with Gasteiger partial charge in [-0.05, 0) is 38.0 Å². The van der Waals surface area contributed by atoms with Gasteiger partial charge in [-0.3, -0.25) is 4.79 Å². The van der Waals surface area contributed by atoms with Crippen molar-refractivity contribution < 1.29 is 22.3 Å². The number of fused-ring (bicyclic) bond motifs is 1. The summed E-state index contributed by atoms with van der Waals surface area (Å²) in [5.41, 5.74) is 0.692. The van der Waals surface area contributed by atoms with E-state index >= 15 is 0 Å². The lowest BCUT2D eigenvalue weighted by atomic mass is 9.83. The van der Waals surface area contributed by atoms with Crippen LogP contribution in [0.2, 0.25) is 5.02 Å². The molecule has 1 fully saturated rings. The number of carbonyl (C=O) groups excluding carboxylic acids is 1. The fraction of sp³-hybridized carbons (Fsp3) is 0.400. The molecule has 8 nitrogen and oxygen atoms in total. The number of aromatic nitrogens is 1. The van der Waals surface area contributed by atoms with Crippen molar-refractivity contribution in [3.8, 4) is 11.8 Å². The zero-order valence-electron chi connectivity index (χ0n) is 16.8. The van der Waals surface area contributed by atoms with Gasteiger partial charge in [0.2, 0.25) is 0 Å². The molecule has 0 saturated carbocycles. The third-order valence-corrected chi connectivity index (χ3v) is 7.21. The van der Waals surface area contributed by atoms with Crippen molar-refractivity contribution >= 4 is 27.5 Å². The molecule has 11 heteroatoms. The fourth-order valence-electron chi connectivity index (χ4n) is 3.81. The fourth-order valence-corrected chi connectivity index (χ4v) is 5.28. The molecule has 164 valence electrons. The Balaban J connectivity index is 1.49. The van der Waals surface area contributed by atoms with E-state index in [2.05, 4.69) is 15.8 Å². The van der Waals surface area contributed by atoms with Crippen LogP contribution in [0.4, 0.5) is 4.39 Å². The number of nitrogens with zero attached hydrogens (tertiary/aromatic N) is 2. The van der Waals surface area contributed by atoms with Crippen LogP contribution in [0, 0.1) is 29.5 Å². The number of amides is 1. The van der Waals surface area contributed by atoms with Gasteiger partial charge in [-0.2, -0.15) is 5.26 Å².